The van der Waals surface area contributed by atoms with Gasteiger partial charge in [0.2, 0.25) is 0 Å². The molecule has 98 valence electrons. The summed E-state index contributed by atoms with van der Waals surface area (Å²) in [4.78, 5) is 3.64. The Morgan fingerprint density at radius 1 is 1.44 bits per heavy atom. The number of ether oxygens (including phenoxy) is 2. The highest BCUT2D eigenvalue weighted by Crippen LogP contribution is 2.35. The van der Waals surface area contributed by atoms with Crippen LogP contribution >= 0.6 is 0 Å². The predicted molar refractivity (Wildman–Crippen MR) is 51.6 cm³/mol. The Morgan fingerprint density at radius 3 is 2.56 bits per heavy atom. The molecule has 0 spiro atoms. The van der Waals surface area contributed by atoms with Crippen molar-refractivity contribution in [2.24, 2.45) is 0 Å². The van der Waals surface area contributed by atoms with Gasteiger partial charge in [-0.1, -0.05) is 0 Å². The van der Waals surface area contributed by atoms with E-state index < -0.39 is 24.7 Å². The van der Waals surface area contributed by atoms with Gasteiger partial charge in [-0.15, -0.1) is 13.2 Å². The molecule has 0 bridgehead atoms. The maximum absolute atomic E-state index is 12.7. The number of hydrogen-bond acceptors (Lipinski definition) is 4. The first kappa shape index (κ1) is 14.0. The third-order valence-corrected chi connectivity index (χ3v) is 1.89. The molecule has 0 fully saturated rings. The molecule has 0 aliphatic heterocycles. The lowest BCUT2D eigenvalue weighted by Crippen LogP contribution is -2.19. The van der Waals surface area contributed by atoms with E-state index in [0.29, 0.717) is 0 Å². The molecule has 0 atom stereocenters. The lowest BCUT2D eigenvalue weighted by molar-refractivity contribution is -0.275. The van der Waals surface area contributed by atoms with Gasteiger partial charge in [0.25, 0.3) is 5.88 Å². The van der Waals surface area contributed by atoms with Crippen molar-refractivity contribution in [1.82, 2.24) is 4.98 Å². The summed E-state index contributed by atoms with van der Waals surface area (Å²) in [5.41, 5.74) is -0.263. The Bertz CT molecular complexity index is 443. The zero-order valence-corrected chi connectivity index (χ0v) is 9.21. The molecule has 4 nitrogen and oxygen atoms in total. The van der Waals surface area contributed by atoms with Gasteiger partial charge in [-0.05, 0) is 6.07 Å². The predicted octanol–water partition coefficient (Wildman–Crippen LogP) is 2.52. The number of alkyl halides is 4. The minimum atomic E-state index is -4.98. The van der Waals surface area contributed by atoms with Crippen LogP contribution in [0.15, 0.2) is 6.07 Å². The second-order valence-electron chi connectivity index (χ2n) is 3.13. The van der Waals surface area contributed by atoms with Crippen LogP contribution in [-0.2, 0) is 13.1 Å². The minimum Gasteiger partial charge on any atom is -0.478 e. The van der Waals surface area contributed by atoms with Crippen molar-refractivity contribution in [3.63, 3.8) is 0 Å². The maximum atomic E-state index is 12.7. The Hall–Kier alpha value is -2.04. The molecule has 1 aromatic heterocycles. The van der Waals surface area contributed by atoms with Crippen LogP contribution in [0, 0.1) is 11.3 Å². The van der Waals surface area contributed by atoms with Gasteiger partial charge in [0.05, 0.1) is 25.3 Å². The number of halogens is 4. The maximum Gasteiger partial charge on any atom is 0.573 e. The van der Waals surface area contributed by atoms with Gasteiger partial charge < -0.3 is 9.47 Å². The molecular formula is C10H8F4N2O2. The Balaban J connectivity index is 3.26. The SMILES string of the molecule is COc1nc(CC#N)cc(CF)c1OC(F)(F)F. The molecular weight excluding hydrogens is 256 g/mol. The molecule has 0 N–H and O–H groups in total. The first-order valence-electron chi connectivity index (χ1n) is 4.66. The van der Waals surface area contributed by atoms with Gasteiger partial charge in [-0.2, -0.15) is 5.26 Å². The van der Waals surface area contributed by atoms with E-state index in [4.69, 9.17) is 5.26 Å². The monoisotopic (exact) mass is 264 g/mol. The zero-order chi connectivity index (χ0) is 13.8. The highest BCUT2D eigenvalue weighted by Gasteiger charge is 2.34. The summed E-state index contributed by atoms with van der Waals surface area (Å²) in [6, 6.07) is 2.79. The van der Waals surface area contributed by atoms with Gasteiger partial charge in [-0.3, -0.25) is 0 Å². The highest BCUT2D eigenvalue weighted by molar-refractivity contribution is 5.43. The normalized spacial score (nSPS) is 10.9. The van der Waals surface area contributed by atoms with Crippen molar-refractivity contribution < 1.29 is 27.0 Å². The number of methoxy groups -OCH3 is 1. The quantitative estimate of drug-likeness (QED) is 0.784. The summed E-state index contributed by atoms with van der Waals surface area (Å²) in [7, 11) is 1.07. The summed E-state index contributed by atoms with van der Waals surface area (Å²) >= 11 is 0. The molecule has 0 saturated heterocycles. The van der Waals surface area contributed by atoms with Crippen molar-refractivity contribution in [2.75, 3.05) is 7.11 Å². The largest absolute Gasteiger partial charge is 0.573 e. The van der Waals surface area contributed by atoms with Crippen molar-refractivity contribution in [3.05, 3.63) is 17.3 Å². The number of hydrogen-bond donors (Lipinski definition) is 0. The van der Waals surface area contributed by atoms with Crippen LogP contribution in [0.2, 0.25) is 0 Å². The average molecular weight is 264 g/mol. The first-order chi connectivity index (χ1) is 8.41. The van der Waals surface area contributed by atoms with E-state index in [2.05, 4.69) is 14.5 Å². The molecule has 1 heterocycles. The summed E-state index contributed by atoms with van der Waals surface area (Å²) in [6.45, 7) is -1.19. The fourth-order valence-electron chi connectivity index (χ4n) is 1.25. The molecule has 0 unspecified atom stereocenters. The van der Waals surface area contributed by atoms with Gasteiger partial charge in [0, 0.05) is 5.56 Å². The standard InChI is InChI=1S/C10H8F4N2O2/c1-17-9-8(18-10(12,13)14)6(5-11)4-7(16-9)2-3-15/h4H,2,5H2,1H3. The Morgan fingerprint density at radius 2 is 2.11 bits per heavy atom. The van der Waals surface area contributed by atoms with Crippen molar-refractivity contribution in [1.29, 1.82) is 5.26 Å². The van der Waals surface area contributed by atoms with Crippen molar-refractivity contribution >= 4 is 0 Å². The number of nitrogens with zero attached hydrogens (tertiary/aromatic N) is 2. The summed E-state index contributed by atoms with van der Waals surface area (Å²) in [5, 5.41) is 8.47. The van der Waals surface area contributed by atoms with E-state index in [0.717, 1.165) is 13.2 Å². The van der Waals surface area contributed by atoms with Crippen LogP contribution in [-0.4, -0.2) is 18.5 Å². The van der Waals surface area contributed by atoms with Crippen molar-refractivity contribution in [2.45, 2.75) is 19.5 Å². The van der Waals surface area contributed by atoms with Gasteiger partial charge in [-0.25, -0.2) is 9.37 Å². The Labute approximate surface area is 99.8 Å². The molecule has 0 aromatic carbocycles. The van der Waals surface area contributed by atoms with Crippen LogP contribution in [0.5, 0.6) is 11.6 Å². The summed E-state index contributed by atoms with van der Waals surface area (Å²) in [6.07, 6.45) is -5.15. The van der Waals surface area contributed by atoms with Gasteiger partial charge in [0.15, 0.2) is 5.75 Å². The number of nitriles is 1. The third kappa shape index (κ3) is 3.48. The number of aromatic nitrogens is 1. The van der Waals surface area contributed by atoms with E-state index in [1.54, 1.807) is 6.07 Å². The van der Waals surface area contributed by atoms with E-state index in [9.17, 15) is 17.6 Å². The lowest BCUT2D eigenvalue weighted by Gasteiger charge is -2.15. The minimum absolute atomic E-state index is 0.108. The summed E-state index contributed by atoms with van der Waals surface area (Å²) < 4.78 is 57.4. The van der Waals surface area contributed by atoms with E-state index in [1.165, 1.54) is 0 Å². The molecule has 0 radical (unpaired) electrons. The second-order valence-corrected chi connectivity index (χ2v) is 3.13. The van der Waals surface area contributed by atoms with E-state index in [-0.39, 0.29) is 17.7 Å². The first-order valence-corrected chi connectivity index (χ1v) is 4.66. The molecule has 8 heteroatoms. The highest BCUT2D eigenvalue weighted by atomic mass is 19.4. The summed E-state index contributed by atoms with van der Waals surface area (Å²) in [5.74, 6) is -1.33. The second kappa shape index (κ2) is 5.53. The van der Waals surface area contributed by atoms with Crippen LogP contribution in [0.25, 0.3) is 0 Å². The molecule has 0 aliphatic rings. The van der Waals surface area contributed by atoms with Crippen LogP contribution in [0.3, 0.4) is 0 Å². The number of pyridine rings is 1. The van der Waals surface area contributed by atoms with Gasteiger partial charge >= 0.3 is 6.36 Å². The molecule has 1 aromatic rings. The smallest absolute Gasteiger partial charge is 0.478 e. The van der Waals surface area contributed by atoms with Crippen LogP contribution < -0.4 is 9.47 Å². The van der Waals surface area contributed by atoms with Gasteiger partial charge in [0.1, 0.15) is 6.67 Å². The lowest BCUT2D eigenvalue weighted by atomic mass is 10.2. The molecule has 1 rings (SSSR count). The van der Waals surface area contributed by atoms with E-state index in [1.807, 2.05) is 0 Å². The number of rotatable bonds is 4. The molecule has 0 amide bonds. The van der Waals surface area contributed by atoms with Crippen LogP contribution in [0.1, 0.15) is 11.3 Å². The topological polar surface area (TPSA) is 55.1 Å². The Kier molecular flexibility index (Phi) is 4.31. The molecule has 18 heavy (non-hydrogen) atoms. The van der Waals surface area contributed by atoms with Crippen molar-refractivity contribution in [3.8, 4) is 17.7 Å². The fourth-order valence-corrected chi connectivity index (χ4v) is 1.25. The molecule has 0 aliphatic carbocycles. The fraction of sp³-hybridized carbons (Fsp3) is 0.400. The van der Waals surface area contributed by atoms with Crippen LogP contribution in [0.4, 0.5) is 17.6 Å². The van der Waals surface area contributed by atoms with E-state index >= 15 is 0 Å². The average Bonchev–Trinajstić information content (AvgIpc) is 2.29. The molecule has 0 saturated carbocycles. The third-order valence-electron chi connectivity index (χ3n) is 1.89. The zero-order valence-electron chi connectivity index (χ0n) is 9.21.